The van der Waals surface area contributed by atoms with Gasteiger partial charge in [-0.05, 0) is 41.8 Å². The lowest BCUT2D eigenvalue weighted by Gasteiger charge is -2.14. The van der Waals surface area contributed by atoms with Gasteiger partial charge in [-0.1, -0.05) is 32.0 Å². The number of para-hydroxylation sites is 1. The Labute approximate surface area is 144 Å². The van der Waals surface area contributed by atoms with Crippen molar-refractivity contribution in [3.63, 3.8) is 0 Å². The number of amides is 1. The third-order valence-corrected chi connectivity index (χ3v) is 3.66. The molecule has 0 heterocycles. The van der Waals surface area contributed by atoms with E-state index in [1.807, 2.05) is 24.3 Å². The number of carbonyl (C=O) groups excluding carboxylic acids is 1. The molecule has 0 fully saturated rings. The second-order valence-electron chi connectivity index (χ2n) is 5.87. The van der Waals surface area contributed by atoms with Gasteiger partial charge in [-0.25, -0.2) is 0 Å². The standard InChI is InChI=1S/C19H20F3NO2/c1-13(2)16-5-3-4-6-17(16)25-12-11-23-18(24)14-7-9-15(10-8-14)19(20,21)22/h3-10,13H,11-12H2,1-2H3,(H,23,24). The van der Waals surface area contributed by atoms with E-state index in [-0.39, 0.29) is 18.7 Å². The maximum atomic E-state index is 12.5. The molecule has 0 aliphatic carbocycles. The lowest BCUT2D eigenvalue weighted by atomic mass is 10.0. The van der Waals surface area contributed by atoms with Gasteiger partial charge in [0.1, 0.15) is 12.4 Å². The second-order valence-corrected chi connectivity index (χ2v) is 5.87. The maximum absolute atomic E-state index is 12.5. The first-order valence-corrected chi connectivity index (χ1v) is 7.96. The third kappa shape index (κ3) is 5.24. The van der Waals surface area contributed by atoms with E-state index in [9.17, 15) is 18.0 Å². The minimum Gasteiger partial charge on any atom is -0.491 e. The summed E-state index contributed by atoms with van der Waals surface area (Å²) in [5.41, 5.74) is 0.477. The van der Waals surface area contributed by atoms with E-state index in [4.69, 9.17) is 4.74 Å². The average molecular weight is 351 g/mol. The molecule has 0 aliphatic rings. The van der Waals surface area contributed by atoms with E-state index in [2.05, 4.69) is 19.2 Å². The van der Waals surface area contributed by atoms with Gasteiger partial charge in [0, 0.05) is 5.56 Å². The zero-order valence-electron chi connectivity index (χ0n) is 14.1. The van der Waals surface area contributed by atoms with Crippen LogP contribution in [0.2, 0.25) is 0 Å². The molecule has 0 atom stereocenters. The van der Waals surface area contributed by atoms with E-state index in [0.717, 1.165) is 35.6 Å². The summed E-state index contributed by atoms with van der Waals surface area (Å²) in [6.45, 7) is 4.66. The highest BCUT2D eigenvalue weighted by molar-refractivity contribution is 5.94. The van der Waals surface area contributed by atoms with Crippen LogP contribution in [0.1, 0.15) is 41.3 Å². The van der Waals surface area contributed by atoms with Crippen molar-refractivity contribution in [1.29, 1.82) is 0 Å². The first-order valence-electron chi connectivity index (χ1n) is 7.96. The van der Waals surface area contributed by atoms with Crippen LogP contribution in [0, 0.1) is 0 Å². The summed E-state index contributed by atoms with van der Waals surface area (Å²) >= 11 is 0. The zero-order valence-corrected chi connectivity index (χ0v) is 14.1. The number of ether oxygens (including phenoxy) is 1. The van der Waals surface area contributed by atoms with Crippen LogP contribution in [-0.2, 0) is 6.18 Å². The van der Waals surface area contributed by atoms with Crippen LogP contribution in [-0.4, -0.2) is 19.1 Å². The fourth-order valence-corrected chi connectivity index (χ4v) is 2.33. The fourth-order valence-electron chi connectivity index (χ4n) is 2.33. The van der Waals surface area contributed by atoms with Gasteiger partial charge < -0.3 is 10.1 Å². The molecule has 134 valence electrons. The molecule has 0 bridgehead atoms. The van der Waals surface area contributed by atoms with Crippen LogP contribution in [0.5, 0.6) is 5.75 Å². The van der Waals surface area contributed by atoms with Crippen LogP contribution < -0.4 is 10.1 Å². The van der Waals surface area contributed by atoms with Gasteiger partial charge >= 0.3 is 6.18 Å². The van der Waals surface area contributed by atoms with Gasteiger partial charge in [0.2, 0.25) is 0 Å². The Hall–Kier alpha value is -2.50. The summed E-state index contributed by atoms with van der Waals surface area (Å²) in [5, 5.41) is 2.63. The molecule has 0 aromatic heterocycles. The number of carbonyl (C=O) groups is 1. The number of rotatable bonds is 6. The summed E-state index contributed by atoms with van der Waals surface area (Å²) < 4.78 is 43.2. The van der Waals surface area contributed by atoms with Crippen LogP contribution in [0.25, 0.3) is 0 Å². The summed E-state index contributed by atoms with van der Waals surface area (Å²) in [6, 6.07) is 11.8. The molecule has 0 aliphatic heterocycles. The molecule has 6 heteroatoms. The Bertz CT molecular complexity index is 709. The molecule has 0 spiro atoms. The quantitative estimate of drug-likeness (QED) is 0.770. The molecule has 1 N–H and O–H groups in total. The highest BCUT2D eigenvalue weighted by Gasteiger charge is 2.30. The Kier molecular flexibility index (Phi) is 6.07. The van der Waals surface area contributed by atoms with E-state index in [1.165, 1.54) is 0 Å². The highest BCUT2D eigenvalue weighted by Crippen LogP contribution is 2.29. The molecule has 2 aromatic rings. The van der Waals surface area contributed by atoms with Crippen LogP contribution in [0.4, 0.5) is 13.2 Å². The smallest absolute Gasteiger partial charge is 0.416 e. The summed E-state index contributed by atoms with van der Waals surface area (Å²) in [6.07, 6.45) is -4.41. The Morgan fingerprint density at radius 1 is 1.08 bits per heavy atom. The maximum Gasteiger partial charge on any atom is 0.416 e. The molecule has 2 aromatic carbocycles. The summed E-state index contributed by atoms with van der Waals surface area (Å²) in [4.78, 5) is 11.9. The fraction of sp³-hybridized carbons (Fsp3) is 0.316. The molecule has 1 amide bonds. The molecule has 3 nitrogen and oxygen atoms in total. The number of hydrogen-bond acceptors (Lipinski definition) is 2. The van der Waals surface area contributed by atoms with Gasteiger partial charge in [0.05, 0.1) is 12.1 Å². The van der Waals surface area contributed by atoms with Crippen molar-refractivity contribution in [3.05, 3.63) is 65.2 Å². The zero-order chi connectivity index (χ0) is 18.4. The van der Waals surface area contributed by atoms with Gasteiger partial charge in [-0.3, -0.25) is 4.79 Å². The molecular weight excluding hydrogens is 331 g/mol. The molecule has 2 rings (SSSR count). The number of benzene rings is 2. The van der Waals surface area contributed by atoms with Crippen molar-refractivity contribution in [1.82, 2.24) is 5.32 Å². The molecule has 25 heavy (non-hydrogen) atoms. The predicted octanol–water partition coefficient (Wildman–Crippen LogP) is 4.64. The van der Waals surface area contributed by atoms with E-state index in [0.29, 0.717) is 5.92 Å². The minimum atomic E-state index is -4.41. The number of hydrogen-bond donors (Lipinski definition) is 1. The number of nitrogens with one attached hydrogen (secondary N) is 1. The topological polar surface area (TPSA) is 38.3 Å². The van der Waals surface area contributed by atoms with Gasteiger partial charge in [0.15, 0.2) is 0 Å². The van der Waals surface area contributed by atoms with Crippen molar-refractivity contribution in [2.45, 2.75) is 25.9 Å². The third-order valence-electron chi connectivity index (χ3n) is 3.66. The van der Waals surface area contributed by atoms with Crippen molar-refractivity contribution >= 4 is 5.91 Å². The Balaban J connectivity index is 1.85. The van der Waals surface area contributed by atoms with Crippen molar-refractivity contribution < 1.29 is 22.7 Å². The lowest BCUT2D eigenvalue weighted by Crippen LogP contribution is -2.28. The van der Waals surface area contributed by atoms with Crippen molar-refractivity contribution in [2.75, 3.05) is 13.2 Å². The van der Waals surface area contributed by atoms with Crippen LogP contribution in [0.15, 0.2) is 48.5 Å². The minimum absolute atomic E-state index is 0.176. The largest absolute Gasteiger partial charge is 0.491 e. The average Bonchev–Trinajstić information content (AvgIpc) is 2.58. The molecule has 0 saturated carbocycles. The molecule has 0 radical (unpaired) electrons. The first-order chi connectivity index (χ1) is 11.8. The highest BCUT2D eigenvalue weighted by atomic mass is 19.4. The number of halogens is 3. The van der Waals surface area contributed by atoms with Gasteiger partial charge in [0.25, 0.3) is 5.91 Å². The summed E-state index contributed by atoms with van der Waals surface area (Å²) in [5.74, 6) is 0.647. The molecule has 0 saturated heterocycles. The van der Waals surface area contributed by atoms with E-state index >= 15 is 0 Å². The normalized spacial score (nSPS) is 11.4. The summed E-state index contributed by atoms with van der Waals surface area (Å²) in [7, 11) is 0. The van der Waals surface area contributed by atoms with E-state index < -0.39 is 17.6 Å². The first kappa shape index (κ1) is 18.8. The van der Waals surface area contributed by atoms with Crippen LogP contribution in [0.3, 0.4) is 0 Å². The monoisotopic (exact) mass is 351 g/mol. The second kappa shape index (κ2) is 8.05. The van der Waals surface area contributed by atoms with E-state index in [1.54, 1.807) is 0 Å². The number of alkyl halides is 3. The SMILES string of the molecule is CC(C)c1ccccc1OCCNC(=O)c1ccc(C(F)(F)F)cc1. The van der Waals surface area contributed by atoms with Crippen molar-refractivity contribution in [2.24, 2.45) is 0 Å². The van der Waals surface area contributed by atoms with Gasteiger partial charge in [-0.2, -0.15) is 13.2 Å². The van der Waals surface area contributed by atoms with Crippen molar-refractivity contribution in [3.8, 4) is 5.75 Å². The van der Waals surface area contributed by atoms with Gasteiger partial charge in [-0.15, -0.1) is 0 Å². The Morgan fingerprint density at radius 3 is 2.32 bits per heavy atom. The Morgan fingerprint density at radius 2 is 1.72 bits per heavy atom. The lowest BCUT2D eigenvalue weighted by molar-refractivity contribution is -0.137. The predicted molar refractivity (Wildman–Crippen MR) is 89.8 cm³/mol. The molecule has 0 unspecified atom stereocenters. The van der Waals surface area contributed by atoms with Crippen LogP contribution >= 0.6 is 0 Å². The molecular formula is C19H20F3NO2.